The molecule has 0 saturated heterocycles. The minimum Gasteiger partial charge on any atom is -0.497 e. The predicted octanol–water partition coefficient (Wildman–Crippen LogP) is 2.30. The SMILES string of the molecule is COc1cccc(CNC[C@H](O)[C@H](Cc2cc(F)cc(F)c2)NC(=O)O)c1. The van der Waals surface area contributed by atoms with Gasteiger partial charge >= 0.3 is 6.09 Å². The lowest BCUT2D eigenvalue weighted by molar-refractivity contribution is 0.117. The third-order valence-electron chi connectivity index (χ3n) is 3.97. The van der Waals surface area contributed by atoms with Crippen molar-refractivity contribution in [1.82, 2.24) is 10.6 Å². The molecule has 0 saturated carbocycles. The second-order valence-electron chi connectivity index (χ2n) is 6.09. The lowest BCUT2D eigenvalue weighted by Crippen LogP contribution is -2.48. The van der Waals surface area contributed by atoms with Crippen LogP contribution in [0.5, 0.6) is 5.75 Å². The van der Waals surface area contributed by atoms with E-state index in [4.69, 9.17) is 9.84 Å². The van der Waals surface area contributed by atoms with Gasteiger partial charge in [-0.1, -0.05) is 12.1 Å². The van der Waals surface area contributed by atoms with Gasteiger partial charge in [0.05, 0.1) is 19.3 Å². The van der Waals surface area contributed by atoms with E-state index in [9.17, 15) is 18.7 Å². The van der Waals surface area contributed by atoms with E-state index in [-0.39, 0.29) is 18.5 Å². The first-order valence-electron chi connectivity index (χ1n) is 8.33. The number of ether oxygens (including phenoxy) is 1. The van der Waals surface area contributed by atoms with Crippen LogP contribution in [0.15, 0.2) is 42.5 Å². The molecule has 27 heavy (non-hydrogen) atoms. The molecule has 2 aromatic carbocycles. The number of methoxy groups -OCH3 is 1. The number of carbonyl (C=O) groups is 1. The van der Waals surface area contributed by atoms with Crippen molar-refractivity contribution in [2.75, 3.05) is 13.7 Å². The van der Waals surface area contributed by atoms with Gasteiger partial charge in [-0.05, 0) is 41.8 Å². The zero-order valence-corrected chi connectivity index (χ0v) is 14.8. The highest BCUT2D eigenvalue weighted by atomic mass is 19.1. The number of benzene rings is 2. The number of carboxylic acid groups (broad SMARTS) is 1. The fourth-order valence-electron chi connectivity index (χ4n) is 2.71. The average Bonchev–Trinajstić information content (AvgIpc) is 2.60. The number of aliphatic hydroxyl groups excluding tert-OH is 1. The molecule has 2 rings (SSSR count). The fourth-order valence-corrected chi connectivity index (χ4v) is 2.71. The number of aliphatic hydroxyl groups is 1. The molecule has 146 valence electrons. The molecule has 0 heterocycles. The third-order valence-corrected chi connectivity index (χ3v) is 3.97. The zero-order chi connectivity index (χ0) is 19.8. The summed E-state index contributed by atoms with van der Waals surface area (Å²) in [6.07, 6.45) is -2.48. The maximum Gasteiger partial charge on any atom is 0.404 e. The van der Waals surface area contributed by atoms with E-state index in [1.54, 1.807) is 7.11 Å². The number of halogens is 2. The van der Waals surface area contributed by atoms with Crippen LogP contribution in [0.25, 0.3) is 0 Å². The van der Waals surface area contributed by atoms with Crippen LogP contribution in [0, 0.1) is 11.6 Å². The summed E-state index contributed by atoms with van der Waals surface area (Å²) in [6, 6.07) is 9.37. The van der Waals surface area contributed by atoms with Crippen molar-refractivity contribution < 1.29 is 28.5 Å². The van der Waals surface area contributed by atoms with Gasteiger partial charge in [-0.2, -0.15) is 0 Å². The Hall–Kier alpha value is -2.71. The Kier molecular flexibility index (Phi) is 7.51. The van der Waals surface area contributed by atoms with Gasteiger partial charge in [0, 0.05) is 19.2 Å². The molecule has 0 aromatic heterocycles. The lowest BCUT2D eigenvalue weighted by atomic mass is 10.0. The topological polar surface area (TPSA) is 90.8 Å². The van der Waals surface area contributed by atoms with Crippen molar-refractivity contribution in [2.24, 2.45) is 0 Å². The number of amides is 1. The molecule has 0 fully saturated rings. The van der Waals surface area contributed by atoms with Crippen molar-refractivity contribution in [3.8, 4) is 5.75 Å². The molecule has 0 spiro atoms. The van der Waals surface area contributed by atoms with E-state index in [1.165, 1.54) is 0 Å². The highest BCUT2D eigenvalue weighted by Gasteiger charge is 2.22. The second kappa shape index (κ2) is 9.84. The van der Waals surface area contributed by atoms with Crippen LogP contribution in [-0.2, 0) is 13.0 Å². The minimum absolute atomic E-state index is 0.0526. The molecule has 0 aliphatic rings. The van der Waals surface area contributed by atoms with Crippen molar-refractivity contribution in [2.45, 2.75) is 25.1 Å². The number of nitrogens with one attached hydrogen (secondary N) is 2. The molecule has 2 aromatic rings. The smallest absolute Gasteiger partial charge is 0.404 e. The third kappa shape index (κ3) is 6.84. The van der Waals surface area contributed by atoms with Crippen LogP contribution in [0.3, 0.4) is 0 Å². The number of hydrogen-bond acceptors (Lipinski definition) is 4. The Bertz CT molecular complexity index is 753. The van der Waals surface area contributed by atoms with Crippen LogP contribution >= 0.6 is 0 Å². The fraction of sp³-hybridized carbons (Fsp3) is 0.316. The first-order chi connectivity index (χ1) is 12.9. The molecular weight excluding hydrogens is 358 g/mol. The molecule has 4 N–H and O–H groups in total. The van der Waals surface area contributed by atoms with Gasteiger partial charge in [0.25, 0.3) is 0 Å². The van der Waals surface area contributed by atoms with Crippen LogP contribution < -0.4 is 15.4 Å². The Morgan fingerprint density at radius 3 is 2.48 bits per heavy atom. The van der Waals surface area contributed by atoms with Crippen LogP contribution in [-0.4, -0.2) is 42.1 Å². The lowest BCUT2D eigenvalue weighted by Gasteiger charge is -2.23. The van der Waals surface area contributed by atoms with E-state index in [0.29, 0.717) is 12.3 Å². The first-order valence-corrected chi connectivity index (χ1v) is 8.33. The molecule has 0 aliphatic heterocycles. The molecule has 0 unspecified atom stereocenters. The van der Waals surface area contributed by atoms with Gasteiger partial charge in [-0.25, -0.2) is 13.6 Å². The molecule has 0 bridgehead atoms. The van der Waals surface area contributed by atoms with Gasteiger partial charge in [0.1, 0.15) is 17.4 Å². The van der Waals surface area contributed by atoms with E-state index in [2.05, 4.69) is 10.6 Å². The maximum absolute atomic E-state index is 13.3. The maximum atomic E-state index is 13.3. The molecule has 1 amide bonds. The molecule has 2 atom stereocenters. The summed E-state index contributed by atoms with van der Waals surface area (Å²) in [5.41, 5.74) is 1.18. The summed E-state index contributed by atoms with van der Waals surface area (Å²) in [7, 11) is 1.56. The highest BCUT2D eigenvalue weighted by molar-refractivity contribution is 5.65. The Labute approximate surface area is 155 Å². The van der Waals surface area contributed by atoms with E-state index in [0.717, 1.165) is 23.8 Å². The van der Waals surface area contributed by atoms with E-state index in [1.807, 2.05) is 24.3 Å². The number of rotatable bonds is 9. The summed E-state index contributed by atoms with van der Waals surface area (Å²) in [5.74, 6) is -0.817. The molecule has 0 radical (unpaired) electrons. The second-order valence-corrected chi connectivity index (χ2v) is 6.09. The van der Waals surface area contributed by atoms with Gasteiger partial charge in [-0.15, -0.1) is 0 Å². The zero-order valence-electron chi connectivity index (χ0n) is 14.8. The summed E-state index contributed by atoms with van der Waals surface area (Å²) in [5, 5.41) is 24.5. The van der Waals surface area contributed by atoms with Gasteiger partial charge in [0.2, 0.25) is 0 Å². The van der Waals surface area contributed by atoms with E-state index >= 15 is 0 Å². The molecular formula is C19H22F2N2O4. The predicted molar refractivity (Wildman–Crippen MR) is 95.7 cm³/mol. The van der Waals surface area contributed by atoms with Crippen LogP contribution in [0.2, 0.25) is 0 Å². The van der Waals surface area contributed by atoms with E-state index < -0.39 is 29.9 Å². The summed E-state index contributed by atoms with van der Waals surface area (Å²) >= 11 is 0. The largest absolute Gasteiger partial charge is 0.497 e. The quantitative estimate of drug-likeness (QED) is 0.536. The van der Waals surface area contributed by atoms with Crippen molar-refractivity contribution in [3.05, 3.63) is 65.2 Å². The standard InChI is InChI=1S/C19H22F2N2O4/c1-27-16-4-2-3-12(7-16)10-22-11-18(24)17(23-19(25)26)8-13-5-14(20)9-15(21)6-13/h2-7,9,17-18,22-24H,8,10-11H2,1H3,(H,25,26)/t17-,18-/m0/s1. The minimum atomic E-state index is -1.33. The Morgan fingerprint density at radius 1 is 1.15 bits per heavy atom. The van der Waals surface area contributed by atoms with Gasteiger partial charge in [0.15, 0.2) is 0 Å². The monoisotopic (exact) mass is 380 g/mol. The summed E-state index contributed by atoms with van der Waals surface area (Å²) in [6.45, 7) is 0.516. The summed E-state index contributed by atoms with van der Waals surface area (Å²) in [4.78, 5) is 11.0. The van der Waals surface area contributed by atoms with Crippen molar-refractivity contribution in [3.63, 3.8) is 0 Å². The van der Waals surface area contributed by atoms with Crippen molar-refractivity contribution >= 4 is 6.09 Å². The van der Waals surface area contributed by atoms with Crippen LogP contribution in [0.1, 0.15) is 11.1 Å². The molecule has 6 nitrogen and oxygen atoms in total. The molecule has 8 heteroatoms. The normalized spacial score (nSPS) is 13.0. The Balaban J connectivity index is 1.96. The van der Waals surface area contributed by atoms with Gasteiger partial charge in [-0.3, -0.25) is 0 Å². The highest BCUT2D eigenvalue weighted by Crippen LogP contribution is 2.13. The average molecular weight is 380 g/mol. The van der Waals surface area contributed by atoms with Crippen LogP contribution in [0.4, 0.5) is 13.6 Å². The number of hydrogen-bond donors (Lipinski definition) is 4. The van der Waals surface area contributed by atoms with Crippen molar-refractivity contribution in [1.29, 1.82) is 0 Å². The first kappa shape index (κ1) is 20.6. The van der Waals surface area contributed by atoms with Gasteiger partial charge < -0.3 is 25.6 Å². The Morgan fingerprint density at radius 2 is 1.85 bits per heavy atom. The summed E-state index contributed by atoms with van der Waals surface area (Å²) < 4.78 is 31.8. The molecule has 0 aliphatic carbocycles.